The number of hydrogen-bond acceptors (Lipinski definition) is 4. The van der Waals surface area contributed by atoms with Crippen LogP contribution >= 0.6 is 0 Å². The van der Waals surface area contributed by atoms with Gasteiger partial charge in [-0.05, 0) is 42.5 Å². The molecule has 180 valence electrons. The van der Waals surface area contributed by atoms with Crippen LogP contribution in [0.2, 0.25) is 0 Å². The SMILES string of the molecule is CCCCCCCOc1ccc(-c2ccc(C(=O)C(C)CCCCCCOC=O)cc2)cc1. The van der Waals surface area contributed by atoms with Crippen LogP contribution in [0.15, 0.2) is 48.5 Å². The first kappa shape index (κ1) is 26.6. The summed E-state index contributed by atoms with van der Waals surface area (Å²) in [6, 6.07) is 16.1. The van der Waals surface area contributed by atoms with E-state index in [2.05, 4.69) is 19.1 Å². The van der Waals surface area contributed by atoms with Crippen LogP contribution in [0, 0.1) is 5.92 Å². The average molecular weight is 453 g/mol. The van der Waals surface area contributed by atoms with E-state index in [9.17, 15) is 9.59 Å². The van der Waals surface area contributed by atoms with Gasteiger partial charge < -0.3 is 9.47 Å². The van der Waals surface area contributed by atoms with Crippen molar-refractivity contribution < 1.29 is 19.1 Å². The van der Waals surface area contributed by atoms with Crippen molar-refractivity contribution in [2.75, 3.05) is 13.2 Å². The number of ether oxygens (including phenoxy) is 2. The number of benzene rings is 2. The van der Waals surface area contributed by atoms with Gasteiger partial charge in [0.25, 0.3) is 6.47 Å². The Balaban J connectivity index is 1.75. The van der Waals surface area contributed by atoms with E-state index in [0.717, 1.165) is 67.6 Å². The molecule has 2 aromatic carbocycles. The Morgan fingerprint density at radius 3 is 2.00 bits per heavy atom. The van der Waals surface area contributed by atoms with E-state index in [1.165, 1.54) is 25.7 Å². The lowest BCUT2D eigenvalue weighted by Crippen LogP contribution is -2.11. The smallest absolute Gasteiger partial charge is 0.293 e. The normalized spacial score (nSPS) is 11.7. The molecule has 0 N–H and O–H groups in total. The molecular weight excluding hydrogens is 412 g/mol. The van der Waals surface area contributed by atoms with Crippen molar-refractivity contribution in [3.63, 3.8) is 0 Å². The van der Waals surface area contributed by atoms with Crippen molar-refractivity contribution in [1.82, 2.24) is 0 Å². The van der Waals surface area contributed by atoms with Crippen LogP contribution in [0.1, 0.15) is 88.4 Å². The van der Waals surface area contributed by atoms with Crippen molar-refractivity contribution in [2.45, 2.75) is 78.1 Å². The van der Waals surface area contributed by atoms with Gasteiger partial charge in [0.1, 0.15) is 5.75 Å². The van der Waals surface area contributed by atoms with Crippen LogP contribution in [-0.4, -0.2) is 25.5 Å². The van der Waals surface area contributed by atoms with Gasteiger partial charge in [0.05, 0.1) is 13.2 Å². The lowest BCUT2D eigenvalue weighted by atomic mass is 9.93. The van der Waals surface area contributed by atoms with Crippen LogP contribution in [0.3, 0.4) is 0 Å². The van der Waals surface area contributed by atoms with E-state index in [-0.39, 0.29) is 11.7 Å². The number of carbonyl (C=O) groups is 2. The van der Waals surface area contributed by atoms with E-state index in [1.54, 1.807) is 0 Å². The van der Waals surface area contributed by atoms with E-state index in [4.69, 9.17) is 9.47 Å². The number of carbonyl (C=O) groups excluding carboxylic acids is 2. The lowest BCUT2D eigenvalue weighted by Gasteiger charge is -2.11. The van der Waals surface area contributed by atoms with Crippen molar-refractivity contribution in [1.29, 1.82) is 0 Å². The predicted molar refractivity (Wildman–Crippen MR) is 135 cm³/mol. The van der Waals surface area contributed by atoms with Crippen molar-refractivity contribution in [2.24, 2.45) is 5.92 Å². The lowest BCUT2D eigenvalue weighted by molar-refractivity contribution is -0.128. The molecule has 0 aliphatic carbocycles. The summed E-state index contributed by atoms with van der Waals surface area (Å²) < 4.78 is 10.5. The second-order valence-electron chi connectivity index (χ2n) is 8.80. The maximum Gasteiger partial charge on any atom is 0.293 e. The molecule has 0 aliphatic rings. The number of unbranched alkanes of at least 4 members (excludes halogenated alkanes) is 7. The highest BCUT2D eigenvalue weighted by molar-refractivity contribution is 5.98. The third-order valence-electron chi connectivity index (χ3n) is 6.04. The highest BCUT2D eigenvalue weighted by Crippen LogP contribution is 2.24. The number of hydrogen-bond donors (Lipinski definition) is 0. The van der Waals surface area contributed by atoms with Gasteiger partial charge in [-0.15, -0.1) is 0 Å². The van der Waals surface area contributed by atoms with Crippen LogP contribution in [0.5, 0.6) is 5.75 Å². The van der Waals surface area contributed by atoms with Crippen LogP contribution < -0.4 is 4.74 Å². The van der Waals surface area contributed by atoms with E-state index in [0.29, 0.717) is 13.1 Å². The summed E-state index contributed by atoms with van der Waals surface area (Å²) in [5.41, 5.74) is 2.99. The number of Topliss-reactive ketones (excluding diaryl/α,β-unsaturated/α-hetero) is 1. The molecule has 0 aliphatic heterocycles. The zero-order chi connectivity index (χ0) is 23.7. The second-order valence-corrected chi connectivity index (χ2v) is 8.80. The largest absolute Gasteiger partial charge is 0.494 e. The summed E-state index contributed by atoms with van der Waals surface area (Å²) in [6.07, 6.45) is 11.0. The van der Waals surface area contributed by atoms with Gasteiger partial charge in [-0.25, -0.2) is 0 Å². The summed E-state index contributed by atoms with van der Waals surface area (Å²) in [4.78, 5) is 22.9. The summed E-state index contributed by atoms with van der Waals surface area (Å²) in [7, 11) is 0. The summed E-state index contributed by atoms with van der Waals surface area (Å²) in [6.45, 7) is 5.98. The quantitative estimate of drug-likeness (QED) is 0.132. The van der Waals surface area contributed by atoms with E-state index < -0.39 is 0 Å². The zero-order valence-corrected chi connectivity index (χ0v) is 20.4. The Labute approximate surface area is 199 Å². The maximum absolute atomic E-state index is 12.8. The third-order valence-corrected chi connectivity index (χ3v) is 6.04. The first-order valence-corrected chi connectivity index (χ1v) is 12.6. The Morgan fingerprint density at radius 1 is 0.788 bits per heavy atom. The summed E-state index contributed by atoms with van der Waals surface area (Å²) >= 11 is 0. The molecular formula is C29H40O4. The molecule has 1 atom stereocenters. The van der Waals surface area contributed by atoms with Gasteiger partial charge in [0.15, 0.2) is 5.78 Å². The molecule has 4 heteroatoms. The minimum absolute atomic E-state index is 0.0143. The molecule has 0 saturated carbocycles. The molecule has 33 heavy (non-hydrogen) atoms. The van der Waals surface area contributed by atoms with Gasteiger partial charge in [-0.3, -0.25) is 9.59 Å². The number of ketones is 1. The zero-order valence-electron chi connectivity index (χ0n) is 20.4. The van der Waals surface area contributed by atoms with Crippen LogP contribution in [-0.2, 0) is 9.53 Å². The fourth-order valence-corrected chi connectivity index (χ4v) is 3.92. The Morgan fingerprint density at radius 2 is 1.36 bits per heavy atom. The van der Waals surface area contributed by atoms with Gasteiger partial charge in [0, 0.05) is 11.5 Å². The number of rotatable bonds is 18. The van der Waals surface area contributed by atoms with Crippen LogP contribution in [0.4, 0.5) is 0 Å². The third kappa shape index (κ3) is 10.2. The maximum atomic E-state index is 12.8. The Bertz CT molecular complexity index is 795. The average Bonchev–Trinajstić information content (AvgIpc) is 2.85. The Hall–Kier alpha value is -2.62. The standard InChI is InChI=1S/C29H40O4/c1-3-4-5-7-11-22-33-28-19-17-26(18-20-28)25-13-15-27(16-14-25)29(31)24(2)12-9-6-8-10-21-32-23-30/h13-20,23-24H,3-12,21-22H2,1-2H3. The molecule has 0 radical (unpaired) electrons. The topological polar surface area (TPSA) is 52.6 Å². The predicted octanol–water partition coefficient (Wildman–Crippen LogP) is 7.65. The molecule has 2 rings (SSSR count). The van der Waals surface area contributed by atoms with Crippen LogP contribution in [0.25, 0.3) is 11.1 Å². The molecule has 0 amide bonds. The highest BCUT2D eigenvalue weighted by Gasteiger charge is 2.15. The molecule has 0 heterocycles. The molecule has 1 unspecified atom stereocenters. The minimum atomic E-state index is 0.0143. The first-order chi connectivity index (χ1) is 16.2. The molecule has 0 aromatic heterocycles. The van der Waals surface area contributed by atoms with Crippen molar-refractivity contribution >= 4 is 12.3 Å². The van der Waals surface area contributed by atoms with Crippen molar-refractivity contribution in [3.05, 3.63) is 54.1 Å². The molecule has 0 fully saturated rings. The molecule has 0 bridgehead atoms. The van der Waals surface area contributed by atoms with Crippen molar-refractivity contribution in [3.8, 4) is 16.9 Å². The summed E-state index contributed by atoms with van der Waals surface area (Å²) in [5.74, 6) is 1.13. The van der Waals surface area contributed by atoms with Gasteiger partial charge in [-0.2, -0.15) is 0 Å². The molecule has 0 spiro atoms. The Kier molecular flexibility index (Phi) is 13.0. The van der Waals surface area contributed by atoms with Gasteiger partial charge >= 0.3 is 0 Å². The molecule has 0 saturated heterocycles. The fraction of sp³-hybridized carbons (Fsp3) is 0.517. The monoisotopic (exact) mass is 452 g/mol. The second kappa shape index (κ2) is 16.1. The molecule has 2 aromatic rings. The van der Waals surface area contributed by atoms with Gasteiger partial charge in [0.2, 0.25) is 0 Å². The highest BCUT2D eigenvalue weighted by atomic mass is 16.5. The minimum Gasteiger partial charge on any atom is -0.494 e. The van der Waals surface area contributed by atoms with E-state index in [1.807, 2.05) is 43.3 Å². The molecule has 4 nitrogen and oxygen atoms in total. The summed E-state index contributed by atoms with van der Waals surface area (Å²) in [5, 5.41) is 0. The van der Waals surface area contributed by atoms with Gasteiger partial charge in [-0.1, -0.05) is 95.2 Å². The van der Waals surface area contributed by atoms with E-state index >= 15 is 0 Å². The first-order valence-electron chi connectivity index (χ1n) is 12.6. The fourth-order valence-electron chi connectivity index (χ4n) is 3.92.